The number of nitrogens with one attached hydrogen (secondary N) is 1. The average Bonchev–Trinajstić information content (AvgIpc) is 3.14. The van der Waals surface area contributed by atoms with Crippen LogP contribution in [0.1, 0.15) is 11.5 Å². The molecule has 0 saturated carbocycles. The normalized spacial score (nSPS) is 11.5. The van der Waals surface area contributed by atoms with Gasteiger partial charge < -0.3 is 9.73 Å². The highest BCUT2D eigenvalue weighted by atomic mass is 32.1. The molecule has 4 aromatic heterocycles. The minimum Gasteiger partial charge on any atom is -0.467 e. The fraction of sp³-hybridized carbons (Fsp3) is 0.200. The van der Waals surface area contributed by atoms with E-state index in [1.54, 1.807) is 17.6 Å². The van der Waals surface area contributed by atoms with E-state index in [0.717, 1.165) is 37.7 Å². The second-order valence-corrected chi connectivity index (χ2v) is 5.99. The summed E-state index contributed by atoms with van der Waals surface area (Å²) in [4.78, 5) is 5.66. The summed E-state index contributed by atoms with van der Waals surface area (Å²) < 4.78 is 8.39. The monoisotopic (exact) mass is 298 g/mol. The van der Waals surface area contributed by atoms with E-state index in [4.69, 9.17) is 4.42 Å². The van der Waals surface area contributed by atoms with E-state index in [9.17, 15) is 0 Å². The Morgan fingerprint density at radius 1 is 1.33 bits per heavy atom. The lowest BCUT2D eigenvalue weighted by Crippen LogP contribution is -2.00. The van der Waals surface area contributed by atoms with Crippen molar-refractivity contribution in [1.82, 2.24) is 14.8 Å². The van der Waals surface area contributed by atoms with Crippen molar-refractivity contribution < 1.29 is 4.42 Å². The van der Waals surface area contributed by atoms with Crippen molar-refractivity contribution in [3.05, 3.63) is 42.0 Å². The van der Waals surface area contributed by atoms with E-state index in [1.807, 2.05) is 36.9 Å². The van der Waals surface area contributed by atoms with Crippen LogP contribution in [0.15, 0.2) is 34.9 Å². The first-order valence-corrected chi connectivity index (χ1v) is 7.53. The van der Waals surface area contributed by atoms with Crippen molar-refractivity contribution in [2.45, 2.75) is 13.5 Å². The topological polar surface area (TPSA) is 55.9 Å². The molecule has 6 heteroatoms. The summed E-state index contributed by atoms with van der Waals surface area (Å²) in [5.41, 5.74) is 2.16. The molecule has 106 valence electrons. The maximum absolute atomic E-state index is 5.34. The molecule has 5 nitrogen and oxygen atoms in total. The molecule has 1 N–H and O–H groups in total. The van der Waals surface area contributed by atoms with Gasteiger partial charge in [0.1, 0.15) is 10.6 Å². The summed E-state index contributed by atoms with van der Waals surface area (Å²) in [5.74, 6) is 1.77. The van der Waals surface area contributed by atoms with E-state index < -0.39 is 0 Å². The lowest BCUT2D eigenvalue weighted by atomic mass is 10.3. The number of anilines is 1. The largest absolute Gasteiger partial charge is 0.467 e. The summed E-state index contributed by atoms with van der Waals surface area (Å²) in [5, 5.41) is 9.07. The van der Waals surface area contributed by atoms with Crippen LogP contribution in [-0.2, 0) is 13.6 Å². The highest BCUT2D eigenvalue weighted by Gasteiger charge is 2.16. The Kier molecular flexibility index (Phi) is 2.71. The Bertz CT molecular complexity index is 920. The van der Waals surface area contributed by atoms with Gasteiger partial charge >= 0.3 is 0 Å². The Morgan fingerprint density at radius 2 is 2.24 bits per heavy atom. The number of aromatic nitrogens is 3. The first kappa shape index (κ1) is 12.4. The summed E-state index contributed by atoms with van der Waals surface area (Å²) in [6, 6.07) is 7.99. The van der Waals surface area contributed by atoms with E-state index in [-0.39, 0.29) is 0 Å². The van der Waals surface area contributed by atoms with E-state index in [2.05, 4.69) is 21.5 Å². The summed E-state index contributed by atoms with van der Waals surface area (Å²) in [6.45, 7) is 2.64. The molecule has 4 rings (SSSR count). The molecule has 0 aromatic carbocycles. The summed E-state index contributed by atoms with van der Waals surface area (Å²) >= 11 is 1.67. The number of hydrogen-bond donors (Lipinski definition) is 1. The first-order valence-electron chi connectivity index (χ1n) is 6.71. The standard InChI is InChI=1S/C15H14N4OS/c1-9-5-6-11-12-13(21-15(11)17-9)14(18-19(12)2)16-8-10-4-3-7-20-10/h3-7H,8H2,1-2H3,(H,16,18). The van der Waals surface area contributed by atoms with Crippen LogP contribution in [0.2, 0.25) is 0 Å². The molecule has 0 atom stereocenters. The number of furan rings is 1. The minimum atomic E-state index is 0.625. The van der Waals surface area contributed by atoms with Crippen LogP contribution < -0.4 is 5.32 Å². The molecule has 0 spiro atoms. The Labute approximate surface area is 125 Å². The van der Waals surface area contributed by atoms with E-state index in [0.29, 0.717) is 6.54 Å². The van der Waals surface area contributed by atoms with Crippen LogP contribution in [0.3, 0.4) is 0 Å². The van der Waals surface area contributed by atoms with Crippen molar-refractivity contribution in [2.24, 2.45) is 7.05 Å². The van der Waals surface area contributed by atoms with Crippen LogP contribution in [0.4, 0.5) is 5.82 Å². The van der Waals surface area contributed by atoms with Gasteiger partial charge in [0, 0.05) is 18.1 Å². The number of nitrogens with zero attached hydrogens (tertiary/aromatic N) is 3. The van der Waals surface area contributed by atoms with Crippen LogP contribution in [0.25, 0.3) is 20.4 Å². The predicted molar refractivity (Wildman–Crippen MR) is 84.7 cm³/mol. The number of fused-ring (bicyclic) bond motifs is 3. The Hall–Kier alpha value is -2.34. The number of aryl methyl sites for hydroxylation is 2. The zero-order valence-corrected chi connectivity index (χ0v) is 12.6. The third-order valence-electron chi connectivity index (χ3n) is 3.47. The third-order valence-corrected chi connectivity index (χ3v) is 4.56. The fourth-order valence-electron chi connectivity index (χ4n) is 2.49. The lowest BCUT2D eigenvalue weighted by Gasteiger charge is -1.99. The smallest absolute Gasteiger partial charge is 0.166 e. The molecule has 0 aliphatic rings. The van der Waals surface area contributed by atoms with E-state index >= 15 is 0 Å². The van der Waals surface area contributed by atoms with Gasteiger partial charge in [0.15, 0.2) is 5.82 Å². The molecular weight excluding hydrogens is 284 g/mol. The molecule has 21 heavy (non-hydrogen) atoms. The van der Waals surface area contributed by atoms with Crippen molar-refractivity contribution in [3.8, 4) is 0 Å². The summed E-state index contributed by atoms with van der Waals surface area (Å²) in [6.07, 6.45) is 1.68. The van der Waals surface area contributed by atoms with E-state index in [1.165, 1.54) is 0 Å². The molecule has 0 unspecified atom stereocenters. The third kappa shape index (κ3) is 1.99. The van der Waals surface area contributed by atoms with Gasteiger partial charge in [-0.05, 0) is 31.2 Å². The van der Waals surface area contributed by atoms with Gasteiger partial charge in [0.2, 0.25) is 0 Å². The molecule has 0 aliphatic carbocycles. The summed E-state index contributed by atoms with van der Waals surface area (Å²) in [7, 11) is 1.96. The van der Waals surface area contributed by atoms with Gasteiger partial charge in [-0.25, -0.2) is 4.98 Å². The zero-order valence-electron chi connectivity index (χ0n) is 11.8. The van der Waals surface area contributed by atoms with Gasteiger partial charge in [-0.3, -0.25) is 4.68 Å². The number of thiophene rings is 1. The van der Waals surface area contributed by atoms with Gasteiger partial charge in [0.25, 0.3) is 0 Å². The molecule has 4 heterocycles. The van der Waals surface area contributed by atoms with Gasteiger partial charge in [-0.1, -0.05) is 0 Å². The first-order chi connectivity index (χ1) is 10.2. The molecule has 0 amide bonds. The second kappa shape index (κ2) is 4.60. The molecule has 0 aliphatic heterocycles. The van der Waals surface area contributed by atoms with Crippen LogP contribution >= 0.6 is 11.3 Å². The Balaban J connectivity index is 1.80. The van der Waals surface area contributed by atoms with Crippen LogP contribution in [0, 0.1) is 6.92 Å². The lowest BCUT2D eigenvalue weighted by molar-refractivity contribution is 0.517. The van der Waals surface area contributed by atoms with Gasteiger partial charge in [-0.15, -0.1) is 11.3 Å². The number of pyridine rings is 1. The quantitative estimate of drug-likeness (QED) is 0.626. The van der Waals surface area contributed by atoms with Crippen molar-refractivity contribution in [1.29, 1.82) is 0 Å². The van der Waals surface area contributed by atoms with Crippen LogP contribution in [-0.4, -0.2) is 14.8 Å². The maximum Gasteiger partial charge on any atom is 0.166 e. The molecule has 4 aromatic rings. The molecular formula is C15H14N4OS. The maximum atomic E-state index is 5.34. The van der Waals surface area contributed by atoms with Gasteiger partial charge in [0.05, 0.1) is 23.0 Å². The molecule has 0 radical (unpaired) electrons. The number of rotatable bonds is 3. The second-order valence-electron chi connectivity index (χ2n) is 4.99. The van der Waals surface area contributed by atoms with Crippen LogP contribution in [0.5, 0.6) is 0 Å². The minimum absolute atomic E-state index is 0.625. The predicted octanol–water partition coefficient (Wildman–Crippen LogP) is 3.70. The average molecular weight is 298 g/mol. The molecule has 0 bridgehead atoms. The van der Waals surface area contributed by atoms with Crippen molar-refractivity contribution in [3.63, 3.8) is 0 Å². The van der Waals surface area contributed by atoms with Crippen molar-refractivity contribution >= 4 is 37.6 Å². The van der Waals surface area contributed by atoms with Gasteiger partial charge in [-0.2, -0.15) is 5.10 Å². The SMILES string of the molecule is Cc1ccc2c(n1)sc1c(NCc3ccco3)nn(C)c12. The highest BCUT2D eigenvalue weighted by Crippen LogP contribution is 2.37. The Morgan fingerprint density at radius 3 is 3.05 bits per heavy atom. The van der Waals surface area contributed by atoms with Crippen molar-refractivity contribution in [2.75, 3.05) is 5.32 Å². The fourth-order valence-corrected chi connectivity index (χ4v) is 3.69. The number of hydrogen-bond acceptors (Lipinski definition) is 5. The highest BCUT2D eigenvalue weighted by molar-refractivity contribution is 7.26. The molecule has 0 fully saturated rings. The molecule has 0 saturated heterocycles. The zero-order chi connectivity index (χ0) is 14.4.